The fraction of sp³-hybridized carbons (Fsp3) is 0.581. The number of carbonyl (C=O) groups excluding carboxylic acids is 1. The van der Waals surface area contributed by atoms with Crippen molar-refractivity contribution in [3.05, 3.63) is 76.0 Å². The summed E-state index contributed by atoms with van der Waals surface area (Å²) in [5.74, 6) is -0.702. The first-order valence-corrected chi connectivity index (χ1v) is 18.5. The summed E-state index contributed by atoms with van der Waals surface area (Å²) in [6, 6.07) is 1.75. The van der Waals surface area contributed by atoms with Gasteiger partial charge in [-0.05, 0) is 120 Å². The minimum atomic E-state index is -0.950. The molecular weight excluding hydrogens is 626 g/mol. The zero-order chi connectivity index (χ0) is 36.2. The van der Waals surface area contributed by atoms with Gasteiger partial charge in [0.2, 0.25) is 0 Å². The molecule has 2 saturated carbocycles. The number of ketones is 1. The molecule has 0 amide bonds. The van der Waals surface area contributed by atoms with Crippen molar-refractivity contribution < 1.29 is 29.6 Å². The molecule has 2 aromatic rings. The molecule has 2 fully saturated rings. The van der Waals surface area contributed by atoms with Gasteiger partial charge in [-0.1, -0.05) is 51.2 Å². The van der Waals surface area contributed by atoms with E-state index in [1.54, 1.807) is 13.0 Å². The maximum Gasteiger partial charge on any atom is 0.331 e. The van der Waals surface area contributed by atoms with Gasteiger partial charge in [-0.2, -0.15) is 0 Å². The van der Waals surface area contributed by atoms with E-state index in [1.807, 2.05) is 26.8 Å². The van der Waals surface area contributed by atoms with Crippen LogP contribution in [-0.4, -0.2) is 48.9 Å². The Morgan fingerprint density at radius 2 is 1.76 bits per heavy atom. The zero-order valence-corrected chi connectivity index (χ0v) is 31.1. The molecule has 0 bridgehead atoms. The van der Waals surface area contributed by atoms with Gasteiger partial charge in [0.1, 0.15) is 6.04 Å². The highest BCUT2D eigenvalue weighted by molar-refractivity contribution is 6.18. The van der Waals surface area contributed by atoms with Crippen LogP contribution >= 0.6 is 0 Å². The van der Waals surface area contributed by atoms with Gasteiger partial charge in [-0.3, -0.25) is 4.79 Å². The molecule has 7 heteroatoms. The third-order valence-electron chi connectivity index (χ3n) is 14.8. The van der Waals surface area contributed by atoms with Crippen LogP contribution in [0.15, 0.2) is 48.1 Å². The summed E-state index contributed by atoms with van der Waals surface area (Å²) in [4.78, 5) is 26.4. The number of rotatable bonds is 4. The van der Waals surface area contributed by atoms with Crippen molar-refractivity contribution in [1.29, 1.82) is 0 Å². The van der Waals surface area contributed by atoms with Gasteiger partial charge in [0.15, 0.2) is 5.78 Å². The molecule has 266 valence electrons. The van der Waals surface area contributed by atoms with Crippen LogP contribution in [0.5, 0.6) is 0 Å². The van der Waals surface area contributed by atoms with Crippen LogP contribution in [0.3, 0.4) is 0 Å². The van der Waals surface area contributed by atoms with Crippen molar-refractivity contribution in [1.82, 2.24) is 4.57 Å². The van der Waals surface area contributed by atoms with Gasteiger partial charge < -0.3 is 24.6 Å². The monoisotopic (exact) mass is 679 g/mol. The van der Waals surface area contributed by atoms with Crippen molar-refractivity contribution in [3.8, 4) is 0 Å². The molecule has 3 N–H and O–H groups in total. The summed E-state index contributed by atoms with van der Waals surface area (Å²) in [5, 5.41) is 34.4. The smallest absolute Gasteiger partial charge is 0.331 e. The molecule has 9 atom stereocenters. The molecule has 6 aliphatic rings. The Kier molecular flexibility index (Phi) is 6.91. The Morgan fingerprint density at radius 1 is 1.06 bits per heavy atom. The van der Waals surface area contributed by atoms with E-state index in [-0.39, 0.29) is 34.0 Å². The number of hydrogen-bond acceptors (Lipinski definition) is 5. The fourth-order valence-electron chi connectivity index (χ4n) is 12.6. The van der Waals surface area contributed by atoms with Crippen LogP contribution in [0.1, 0.15) is 133 Å². The number of fused-ring (bicyclic) bond motifs is 11. The fourth-order valence-corrected chi connectivity index (χ4v) is 12.6. The van der Waals surface area contributed by atoms with Crippen molar-refractivity contribution in [2.75, 3.05) is 0 Å². The lowest BCUT2D eigenvalue weighted by Crippen LogP contribution is -2.62. The van der Waals surface area contributed by atoms with Gasteiger partial charge >= 0.3 is 5.97 Å². The number of carboxylic acids is 1. The summed E-state index contributed by atoms with van der Waals surface area (Å²) >= 11 is 0. The number of hydrogen-bond donors (Lipinski definition) is 3. The third-order valence-corrected chi connectivity index (χ3v) is 14.8. The molecule has 0 saturated heterocycles. The number of aliphatic hydroxyl groups is 2. The number of nitrogens with zero attached hydrogens (tertiary/aromatic N) is 1. The van der Waals surface area contributed by atoms with Crippen LogP contribution in [0.2, 0.25) is 0 Å². The van der Waals surface area contributed by atoms with Crippen molar-refractivity contribution in [2.45, 2.75) is 129 Å². The molecule has 0 spiro atoms. The maximum atomic E-state index is 14.8. The van der Waals surface area contributed by atoms with Gasteiger partial charge in [0.05, 0.1) is 34.5 Å². The zero-order valence-electron chi connectivity index (χ0n) is 31.1. The van der Waals surface area contributed by atoms with E-state index in [0.717, 1.165) is 58.9 Å². The number of benzene rings is 1. The quantitative estimate of drug-likeness (QED) is 0.171. The first-order chi connectivity index (χ1) is 23.2. The topological polar surface area (TPSA) is 109 Å². The molecule has 1 aromatic heterocycles. The largest absolute Gasteiger partial charge is 0.478 e. The highest BCUT2D eigenvalue weighted by Crippen LogP contribution is 2.71. The Hall–Kier alpha value is -3.26. The molecule has 4 aliphatic carbocycles. The second-order valence-corrected chi connectivity index (χ2v) is 18.3. The van der Waals surface area contributed by atoms with E-state index in [0.29, 0.717) is 17.9 Å². The number of carbonyl (C=O) groups is 2. The van der Waals surface area contributed by atoms with Crippen molar-refractivity contribution in [2.24, 2.45) is 28.6 Å². The van der Waals surface area contributed by atoms with Crippen LogP contribution < -0.4 is 0 Å². The molecule has 0 radical (unpaired) electrons. The van der Waals surface area contributed by atoms with Gasteiger partial charge in [-0.15, -0.1) is 0 Å². The molecule has 2 aliphatic heterocycles. The maximum absolute atomic E-state index is 14.8. The Labute approximate surface area is 295 Å². The first-order valence-electron chi connectivity index (χ1n) is 18.5. The lowest BCUT2D eigenvalue weighted by Gasteiger charge is -2.64. The highest BCUT2D eigenvalue weighted by Gasteiger charge is 2.67. The molecular formula is C43H53NO6. The van der Waals surface area contributed by atoms with Gasteiger partial charge in [0.25, 0.3) is 0 Å². The average Bonchev–Trinajstić information content (AvgIpc) is 3.67. The average molecular weight is 680 g/mol. The Bertz CT molecular complexity index is 2020. The van der Waals surface area contributed by atoms with Crippen molar-refractivity contribution >= 4 is 28.2 Å². The molecule has 50 heavy (non-hydrogen) atoms. The Balaban J connectivity index is 1.36. The van der Waals surface area contributed by atoms with Gasteiger partial charge in [0, 0.05) is 39.0 Å². The lowest BCUT2D eigenvalue weighted by molar-refractivity contribution is -0.144. The highest BCUT2D eigenvalue weighted by atomic mass is 16.5. The first kappa shape index (κ1) is 33.9. The summed E-state index contributed by atoms with van der Waals surface area (Å²) in [7, 11) is 0. The number of Topliss-reactive ketones (excluding diaryl/α,β-unsaturated/α-hetero) is 1. The SMILES string of the molecule is C=C(C)C1C(=O)c2c3c(cc4c5c(n1c24)C1(C)C(CCC2C(C)(/C=C/C=C(\C)C(=O)O)C(O)CCC21C)C5)C1=CC(C)(C)OC(C)(C)C1C3O. The standard InChI is InChI=1S/C43H53NO6/c1-21(2)33-36(47)31-30-24(27-20-39(4,5)50-40(6,7)32(27)35(30)46)19-25-26-18-23-13-14-28-41(8,16-11-12-22(3)38(48)49)29(45)15-17-42(28,9)43(23,10)37(26)44(33)34(25)31/h11-12,16,19-20,23,28-29,32-33,35,45-46H,1,13-15,17-18H2,2-10H3,(H,48,49)/b16-11+,22-12+. The van der Waals surface area contributed by atoms with Crippen molar-refractivity contribution in [3.63, 3.8) is 0 Å². The lowest BCUT2D eigenvalue weighted by atomic mass is 9.40. The number of allylic oxidation sites excluding steroid dienone is 3. The van der Waals surface area contributed by atoms with E-state index in [4.69, 9.17) is 4.74 Å². The van der Waals surface area contributed by atoms with Crippen LogP contribution in [0.4, 0.5) is 0 Å². The van der Waals surface area contributed by atoms with E-state index >= 15 is 0 Å². The second-order valence-electron chi connectivity index (χ2n) is 18.3. The predicted octanol–water partition coefficient (Wildman–Crippen LogP) is 8.18. The number of ether oxygens (including phenoxy) is 1. The van der Waals surface area contributed by atoms with E-state index < -0.39 is 40.8 Å². The van der Waals surface area contributed by atoms with E-state index in [9.17, 15) is 24.9 Å². The molecule has 1 aromatic carbocycles. The van der Waals surface area contributed by atoms with Crippen LogP contribution in [-0.2, 0) is 21.4 Å². The summed E-state index contributed by atoms with van der Waals surface area (Å²) in [6.07, 6.45) is 10.7. The van der Waals surface area contributed by atoms with Crippen LogP contribution in [0.25, 0.3) is 16.5 Å². The summed E-state index contributed by atoms with van der Waals surface area (Å²) in [5.41, 5.74) is 5.80. The van der Waals surface area contributed by atoms with Gasteiger partial charge in [-0.25, -0.2) is 4.79 Å². The molecule has 3 heterocycles. The molecule has 7 nitrogen and oxygen atoms in total. The van der Waals surface area contributed by atoms with E-state index in [2.05, 4.69) is 64.0 Å². The minimum Gasteiger partial charge on any atom is -0.478 e. The van der Waals surface area contributed by atoms with E-state index in [1.165, 1.54) is 11.3 Å². The predicted molar refractivity (Wildman–Crippen MR) is 195 cm³/mol. The summed E-state index contributed by atoms with van der Waals surface area (Å²) < 4.78 is 8.86. The third kappa shape index (κ3) is 3.98. The summed E-state index contributed by atoms with van der Waals surface area (Å²) in [6.45, 7) is 23.1. The number of aliphatic carboxylic acids is 1. The Morgan fingerprint density at radius 3 is 2.42 bits per heavy atom. The second kappa shape index (κ2) is 10.2. The molecule has 9 unspecified atom stereocenters. The number of aliphatic hydroxyl groups excluding tert-OH is 2. The molecule has 8 rings (SSSR count). The minimum absolute atomic E-state index is 0.0189. The number of carboxylic acid groups (broad SMARTS) is 1. The number of aromatic nitrogens is 1. The van der Waals surface area contributed by atoms with Crippen LogP contribution in [0, 0.1) is 28.6 Å². The normalized spacial score (nSPS) is 39.2.